The Morgan fingerprint density at radius 3 is 2.86 bits per heavy atom. The second-order valence-corrected chi connectivity index (χ2v) is 5.74. The molecule has 1 aromatic carbocycles. The van der Waals surface area contributed by atoms with Gasteiger partial charge in [-0.2, -0.15) is 4.98 Å². The van der Waals surface area contributed by atoms with E-state index in [1.807, 2.05) is 42.9 Å². The molecule has 0 aliphatic carbocycles. The van der Waals surface area contributed by atoms with E-state index >= 15 is 0 Å². The summed E-state index contributed by atoms with van der Waals surface area (Å²) in [6.07, 6.45) is 1.84. The molecule has 5 nitrogen and oxygen atoms in total. The number of anilines is 2. The molecule has 0 amide bonds. The van der Waals surface area contributed by atoms with Crippen LogP contribution >= 0.6 is 11.3 Å². The number of benzene rings is 1. The van der Waals surface area contributed by atoms with Crippen LogP contribution in [0.5, 0.6) is 0 Å². The molecule has 6 heteroatoms. The fourth-order valence-electron chi connectivity index (χ4n) is 2.14. The van der Waals surface area contributed by atoms with Gasteiger partial charge in [0.05, 0.1) is 10.5 Å². The van der Waals surface area contributed by atoms with E-state index in [0.29, 0.717) is 11.9 Å². The van der Waals surface area contributed by atoms with E-state index in [1.165, 1.54) is 0 Å². The highest BCUT2D eigenvalue weighted by atomic mass is 32.1. The van der Waals surface area contributed by atoms with Crippen LogP contribution in [0.2, 0.25) is 0 Å². The van der Waals surface area contributed by atoms with Gasteiger partial charge in [0.1, 0.15) is 5.82 Å². The van der Waals surface area contributed by atoms with Crippen LogP contribution in [0, 0.1) is 0 Å². The minimum absolute atomic E-state index is 0.344. The van der Waals surface area contributed by atoms with Gasteiger partial charge < -0.3 is 10.6 Å². The third-order valence-corrected chi connectivity index (χ3v) is 4.28. The maximum Gasteiger partial charge on any atom is 0.224 e. The van der Waals surface area contributed by atoms with Crippen molar-refractivity contribution in [3.05, 3.63) is 40.8 Å². The lowest BCUT2D eigenvalue weighted by molar-refractivity contribution is 0.792. The number of fused-ring (bicyclic) bond motifs is 1. The molecule has 0 fully saturated rings. The van der Waals surface area contributed by atoms with Crippen molar-refractivity contribution in [2.75, 3.05) is 24.2 Å². The molecule has 0 aliphatic rings. The lowest BCUT2D eigenvalue weighted by atomic mass is 10.2. The van der Waals surface area contributed by atoms with Crippen LogP contribution < -0.4 is 10.6 Å². The first-order valence-corrected chi connectivity index (χ1v) is 7.73. The first kappa shape index (κ1) is 13.8. The molecule has 0 radical (unpaired) electrons. The van der Waals surface area contributed by atoms with Gasteiger partial charge in [-0.05, 0) is 12.1 Å². The van der Waals surface area contributed by atoms with Gasteiger partial charge in [-0.15, -0.1) is 11.3 Å². The van der Waals surface area contributed by atoms with Crippen molar-refractivity contribution < 1.29 is 0 Å². The summed E-state index contributed by atoms with van der Waals surface area (Å²) in [5.41, 5.74) is 0.932. The molecule has 1 unspecified atom stereocenters. The Morgan fingerprint density at radius 1 is 1.24 bits per heavy atom. The Hall–Kier alpha value is -2.21. The van der Waals surface area contributed by atoms with E-state index in [9.17, 15) is 0 Å². The predicted molar refractivity (Wildman–Crippen MR) is 88.1 cm³/mol. The van der Waals surface area contributed by atoms with Crippen molar-refractivity contribution >= 4 is 34.0 Å². The van der Waals surface area contributed by atoms with E-state index in [2.05, 4.69) is 32.5 Å². The summed E-state index contributed by atoms with van der Waals surface area (Å²) in [4.78, 5) is 13.3. The Balaban J connectivity index is 1.85. The van der Waals surface area contributed by atoms with Crippen LogP contribution in [0.25, 0.3) is 10.9 Å². The molecular weight excluding hydrogens is 282 g/mol. The van der Waals surface area contributed by atoms with E-state index < -0.39 is 0 Å². The Labute approximate surface area is 127 Å². The topological polar surface area (TPSA) is 62.7 Å². The van der Waals surface area contributed by atoms with Gasteiger partial charge in [-0.25, -0.2) is 9.97 Å². The zero-order valence-corrected chi connectivity index (χ0v) is 12.8. The number of hydrogen-bond acceptors (Lipinski definition) is 6. The smallest absolute Gasteiger partial charge is 0.224 e. The van der Waals surface area contributed by atoms with Gasteiger partial charge >= 0.3 is 0 Å². The van der Waals surface area contributed by atoms with Crippen molar-refractivity contribution in [3.63, 3.8) is 0 Å². The average molecular weight is 299 g/mol. The molecule has 0 bridgehead atoms. The summed E-state index contributed by atoms with van der Waals surface area (Å²) in [6, 6.07) is 8.01. The maximum atomic E-state index is 4.52. The molecule has 21 heavy (non-hydrogen) atoms. The quantitative estimate of drug-likeness (QED) is 0.756. The van der Waals surface area contributed by atoms with E-state index in [-0.39, 0.29) is 0 Å². The maximum absolute atomic E-state index is 4.52. The largest absolute Gasteiger partial charge is 0.369 e. The first-order chi connectivity index (χ1) is 10.3. The lowest BCUT2D eigenvalue weighted by Crippen LogP contribution is -2.12. The number of nitrogens with zero attached hydrogens (tertiary/aromatic N) is 3. The summed E-state index contributed by atoms with van der Waals surface area (Å²) in [5, 5.41) is 10.6. The molecule has 0 saturated heterocycles. The molecular formula is C15H17N5S. The van der Waals surface area contributed by atoms with Crippen molar-refractivity contribution in [2.45, 2.75) is 12.8 Å². The van der Waals surface area contributed by atoms with Crippen LogP contribution in [0.3, 0.4) is 0 Å². The van der Waals surface area contributed by atoms with E-state index in [4.69, 9.17) is 0 Å². The second-order valence-electron chi connectivity index (χ2n) is 4.82. The molecule has 0 aliphatic heterocycles. The van der Waals surface area contributed by atoms with E-state index in [0.717, 1.165) is 28.3 Å². The lowest BCUT2D eigenvalue weighted by Gasteiger charge is -2.13. The van der Waals surface area contributed by atoms with Crippen LogP contribution in [-0.4, -0.2) is 28.5 Å². The molecule has 1 atom stereocenters. The normalized spacial score (nSPS) is 12.3. The summed E-state index contributed by atoms with van der Waals surface area (Å²) in [6.45, 7) is 2.95. The zero-order valence-electron chi connectivity index (χ0n) is 12.0. The summed E-state index contributed by atoms with van der Waals surface area (Å²) >= 11 is 1.68. The first-order valence-electron chi connectivity index (χ1n) is 6.85. The standard InChI is InChI=1S/C15H17N5S/c1-10(14-17-7-8-21-14)9-18-13-11-5-3-4-6-12(11)19-15(16-2)20-13/h3-8,10H,9H2,1-2H3,(H2,16,18,19,20). The highest BCUT2D eigenvalue weighted by Crippen LogP contribution is 2.23. The fraction of sp³-hybridized carbons (Fsp3) is 0.267. The van der Waals surface area contributed by atoms with Gasteiger partial charge in [0.25, 0.3) is 0 Å². The van der Waals surface area contributed by atoms with Crippen LogP contribution in [0.15, 0.2) is 35.8 Å². The Bertz CT molecular complexity index is 726. The fourth-order valence-corrected chi connectivity index (χ4v) is 2.84. The number of aromatic nitrogens is 3. The predicted octanol–water partition coefficient (Wildman–Crippen LogP) is 3.34. The van der Waals surface area contributed by atoms with Crippen LogP contribution in [0.4, 0.5) is 11.8 Å². The van der Waals surface area contributed by atoms with Crippen LogP contribution in [-0.2, 0) is 0 Å². The van der Waals surface area contributed by atoms with Crippen molar-refractivity contribution in [2.24, 2.45) is 0 Å². The minimum atomic E-state index is 0.344. The van der Waals surface area contributed by atoms with Crippen molar-refractivity contribution in [1.29, 1.82) is 0 Å². The minimum Gasteiger partial charge on any atom is -0.369 e. The number of nitrogens with one attached hydrogen (secondary N) is 2. The van der Waals surface area contributed by atoms with Crippen molar-refractivity contribution in [3.8, 4) is 0 Å². The van der Waals surface area contributed by atoms with Gasteiger partial charge in [0, 0.05) is 36.5 Å². The molecule has 2 N–H and O–H groups in total. The zero-order chi connectivity index (χ0) is 14.7. The summed E-state index contributed by atoms with van der Waals surface area (Å²) < 4.78 is 0. The van der Waals surface area contributed by atoms with Gasteiger partial charge in [-0.1, -0.05) is 19.1 Å². The number of hydrogen-bond donors (Lipinski definition) is 2. The molecule has 0 spiro atoms. The van der Waals surface area contributed by atoms with Gasteiger partial charge in [0.2, 0.25) is 5.95 Å². The molecule has 2 heterocycles. The highest BCUT2D eigenvalue weighted by molar-refractivity contribution is 7.09. The molecule has 0 saturated carbocycles. The highest BCUT2D eigenvalue weighted by Gasteiger charge is 2.11. The molecule has 3 rings (SSSR count). The molecule has 2 aromatic heterocycles. The second kappa shape index (κ2) is 6.05. The average Bonchev–Trinajstić information content (AvgIpc) is 3.06. The third kappa shape index (κ3) is 2.95. The number of para-hydroxylation sites is 1. The van der Waals surface area contributed by atoms with Crippen molar-refractivity contribution in [1.82, 2.24) is 15.0 Å². The van der Waals surface area contributed by atoms with E-state index in [1.54, 1.807) is 11.3 Å². The van der Waals surface area contributed by atoms with Gasteiger partial charge in [0.15, 0.2) is 0 Å². The summed E-state index contributed by atoms with van der Waals surface area (Å²) in [5.74, 6) is 1.82. The monoisotopic (exact) mass is 299 g/mol. The van der Waals surface area contributed by atoms with Gasteiger partial charge in [-0.3, -0.25) is 0 Å². The third-order valence-electron chi connectivity index (χ3n) is 3.28. The molecule has 3 aromatic rings. The SMILES string of the molecule is CNc1nc(NCC(C)c2nccs2)c2ccccc2n1. The Kier molecular flexibility index (Phi) is 3.96. The molecule has 108 valence electrons. The Morgan fingerprint density at radius 2 is 2.10 bits per heavy atom. The van der Waals surface area contributed by atoms with Crippen LogP contribution in [0.1, 0.15) is 17.8 Å². The number of rotatable bonds is 5. The summed E-state index contributed by atoms with van der Waals surface area (Å²) in [7, 11) is 1.83. The number of thiazole rings is 1.